The second-order valence-corrected chi connectivity index (χ2v) is 15.4. The normalized spacial score (nSPS) is 28.6. The van der Waals surface area contributed by atoms with Crippen molar-refractivity contribution in [1.82, 2.24) is 4.98 Å². The second-order valence-electron chi connectivity index (χ2n) is 12.3. The van der Waals surface area contributed by atoms with Crippen LogP contribution in [0.15, 0.2) is 81.0 Å². The lowest BCUT2D eigenvalue weighted by Gasteiger charge is -2.43. The van der Waals surface area contributed by atoms with E-state index in [0.29, 0.717) is 12.3 Å². The minimum atomic E-state index is -0.343. The van der Waals surface area contributed by atoms with Gasteiger partial charge in [-0.3, -0.25) is 19.3 Å². The minimum absolute atomic E-state index is 0.0404. The van der Waals surface area contributed by atoms with E-state index in [2.05, 4.69) is 58.2 Å². The van der Waals surface area contributed by atoms with E-state index in [9.17, 15) is 14.4 Å². The molecule has 4 aliphatic rings. The van der Waals surface area contributed by atoms with Gasteiger partial charge in [0, 0.05) is 26.1 Å². The van der Waals surface area contributed by atoms with Gasteiger partial charge in [0.15, 0.2) is 0 Å². The average molecular weight is 674 g/mol. The summed E-state index contributed by atoms with van der Waals surface area (Å²) in [6, 6.07) is 22.1. The molecular weight excluding hydrogens is 644 g/mol. The highest BCUT2D eigenvalue weighted by Gasteiger charge is 2.69. The van der Waals surface area contributed by atoms with Crippen LogP contribution >= 0.6 is 39.0 Å². The molecule has 9 heteroatoms. The Morgan fingerprint density at radius 1 is 0.907 bits per heavy atom. The molecule has 3 heterocycles. The Bertz CT molecular complexity index is 1830. The van der Waals surface area contributed by atoms with Crippen LogP contribution < -0.4 is 14.5 Å². The van der Waals surface area contributed by atoms with Crippen molar-refractivity contribution in [2.24, 2.45) is 29.6 Å². The molecule has 8 rings (SSSR count). The minimum Gasteiger partial charge on any atom is -0.489 e. The molecule has 218 valence electrons. The Morgan fingerprint density at radius 2 is 1.58 bits per heavy atom. The second kappa shape index (κ2) is 10.2. The van der Waals surface area contributed by atoms with Gasteiger partial charge in [-0.15, -0.1) is 11.8 Å². The number of carbonyl (C=O) groups is 2. The predicted octanol–water partition coefficient (Wildman–Crippen LogP) is 7.07. The molecule has 2 bridgehead atoms. The van der Waals surface area contributed by atoms with Crippen molar-refractivity contribution in [2.75, 3.05) is 4.90 Å². The number of amides is 2. The Labute approximate surface area is 266 Å². The maximum absolute atomic E-state index is 14.1. The quantitative estimate of drug-likeness (QED) is 0.229. The van der Waals surface area contributed by atoms with E-state index in [4.69, 9.17) is 4.74 Å². The zero-order valence-electron chi connectivity index (χ0n) is 23.6. The van der Waals surface area contributed by atoms with Gasteiger partial charge in [-0.25, -0.2) is 0 Å². The van der Waals surface area contributed by atoms with Crippen molar-refractivity contribution in [3.8, 4) is 5.75 Å². The van der Waals surface area contributed by atoms with Crippen molar-refractivity contribution in [2.45, 2.75) is 43.1 Å². The number of thiazole rings is 1. The van der Waals surface area contributed by atoms with E-state index < -0.39 is 0 Å². The molecule has 0 spiro atoms. The SMILES string of the molecule is Cc1ccc(COc2ccc(Br)cc2[C@H]2c3sc(=O)[nH]c3SC3C4CC(C5C(=O)N(c6ccc(C)cc6)C(=O)C45)C32)cc1. The number of aryl methyl sites for hydroxylation is 2. The first-order chi connectivity index (χ1) is 20.8. The van der Waals surface area contributed by atoms with Crippen LogP contribution in [0.5, 0.6) is 5.75 Å². The number of fused-ring (bicyclic) bond motifs is 9. The lowest BCUT2D eigenvalue weighted by Crippen LogP contribution is -2.42. The van der Waals surface area contributed by atoms with Crippen LogP contribution in [0.2, 0.25) is 0 Å². The van der Waals surface area contributed by atoms with Gasteiger partial charge in [0.05, 0.1) is 22.5 Å². The zero-order valence-corrected chi connectivity index (χ0v) is 26.8. The number of hydrogen-bond acceptors (Lipinski definition) is 6. The third-order valence-electron chi connectivity index (χ3n) is 9.84. The van der Waals surface area contributed by atoms with Crippen LogP contribution in [0.1, 0.15) is 39.5 Å². The molecule has 2 saturated carbocycles. The highest BCUT2D eigenvalue weighted by atomic mass is 79.9. The van der Waals surface area contributed by atoms with Gasteiger partial charge in [0.2, 0.25) is 11.8 Å². The number of anilines is 1. The molecule has 1 saturated heterocycles. The van der Waals surface area contributed by atoms with Gasteiger partial charge >= 0.3 is 4.87 Å². The first-order valence-corrected chi connectivity index (χ1v) is 17.1. The number of thioether (sulfide) groups is 1. The topological polar surface area (TPSA) is 79.5 Å². The standard InChI is InChI=1S/C34H29BrN2O4S2/c1-16-3-7-18(8-4-16)15-41-24-12-9-19(35)13-21(24)25-26-22-14-23(29(26)42-31-30(25)43-34(40)36-31)28-27(22)32(38)37(33(28)39)20-10-5-17(2)6-11-20/h3-13,22-23,25-29H,14-15H2,1-2H3,(H,36,40)/t22?,23?,25-,26?,27?,28?,29?/m1/s1. The summed E-state index contributed by atoms with van der Waals surface area (Å²) >= 11 is 6.66. The van der Waals surface area contributed by atoms with E-state index in [1.807, 2.05) is 43.3 Å². The van der Waals surface area contributed by atoms with E-state index in [1.165, 1.54) is 21.8 Å². The fourth-order valence-electron chi connectivity index (χ4n) is 8.05. The number of imide groups is 1. The van der Waals surface area contributed by atoms with Crippen LogP contribution in [0.4, 0.5) is 5.69 Å². The maximum Gasteiger partial charge on any atom is 0.305 e. The Kier molecular flexibility index (Phi) is 6.51. The predicted molar refractivity (Wildman–Crippen MR) is 172 cm³/mol. The number of aromatic amines is 1. The largest absolute Gasteiger partial charge is 0.489 e. The van der Waals surface area contributed by atoms with Crippen LogP contribution in [0.25, 0.3) is 0 Å². The fraction of sp³-hybridized carbons (Fsp3) is 0.324. The molecule has 2 aliphatic carbocycles. The molecule has 6 unspecified atom stereocenters. The highest BCUT2D eigenvalue weighted by Crippen LogP contribution is 2.69. The molecule has 6 nitrogen and oxygen atoms in total. The van der Waals surface area contributed by atoms with Crippen LogP contribution in [0.3, 0.4) is 0 Å². The molecule has 3 aromatic carbocycles. The van der Waals surface area contributed by atoms with Gasteiger partial charge < -0.3 is 9.72 Å². The number of carbonyl (C=O) groups excluding carboxylic acids is 2. The summed E-state index contributed by atoms with van der Waals surface area (Å²) < 4.78 is 7.42. The zero-order chi connectivity index (χ0) is 29.6. The number of aromatic nitrogens is 1. The summed E-state index contributed by atoms with van der Waals surface area (Å²) in [5.74, 6) is 0.0513. The van der Waals surface area contributed by atoms with Crippen molar-refractivity contribution in [1.29, 1.82) is 0 Å². The number of nitrogens with one attached hydrogen (secondary N) is 1. The summed E-state index contributed by atoms with van der Waals surface area (Å²) in [7, 11) is 0. The van der Waals surface area contributed by atoms with E-state index in [0.717, 1.165) is 43.2 Å². The Balaban J connectivity index is 1.20. The van der Waals surface area contributed by atoms with E-state index in [1.54, 1.807) is 11.8 Å². The van der Waals surface area contributed by atoms with Crippen LogP contribution in [0, 0.1) is 43.4 Å². The van der Waals surface area contributed by atoms with Crippen molar-refractivity contribution >= 4 is 56.5 Å². The smallest absolute Gasteiger partial charge is 0.305 e. The molecule has 1 aromatic heterocycles. The number of rotatable bonds is 5. The molecule has 7 atom stereocenters. The molecule has 1 N–H and O–H groups in total. The van der Waals surface area contributed by atoms with Crippen molar-refractivity contribution in [3.63, 3.8) is 0 Å². The van der Waals surface area contributed by atoms with Gasteiger partial charge in [-0.1, -0.05) is 74.8 Å². The lowest BCUT2D eigenvalue weighted by atomic mass is 9.68. The summed E-state index contributed by atoms with van der Waals surface area (Å²) in [6.07, 6.45) is 0.847. The summed E-state index contributed by atoms with van der Waals surface area (Å²) in [6.45, 7) is 4.49. The van der Waals surface area contributed by atoms with E-state index in [-0.39, 0.29) is 57.4 Å². The number of H-pyrrole nitrogens is 1. The molecule has 43 heavy (non-hydrogen) atoms. The monoisotopic (exact) mass is 672 g/mol. The third-order valence-corrected chi connectivity index (χ3v) is 12.9. The molecule has 4 aromatic rings. The van der Waals surface area contributed by atoms with Gasteiger partial charge in [0.25, 0.3) is 0 Å². The molecule has 2 amide bonds. The van der Waals surface area contributed by atoms with E-state index >= 15 is 0 Å². The number of benzene rings is 3. The number of hydrogen-bond donors (Lipinski definition) is 1. The summed E-state index contributed by atoms with van der Waals surface area (Å²) in [4.78, 5) is 46.2. The molecule has 3 fully saturated rings. The first kappa shape index (κ1) is 27.4. The van der Waals surface area contributed by atoms with Gasteiger partial charge in [0.1, 0.15) is 12.4 Å². The third kappa shape index (κ3) is 4.30. The van der Waals surface area contributed by atoms with Crippen LogP contribution in [-0.2, 0) is 16.2 Å². The lowest BCUT2D eigenvalue weighted by molar-refractivity contribution is -0.123. The van der Waals surface area contributed by atoms with Crippen molar-refractivity contribution < 1.29 is 14.3 Å². The van der Waals surface area contributed by atoms with Gasteiger partial charge in [-0.05, 0) is 73.9 Å². The van der Waals surface area contributed by atoms with Crippen molar-refractivity contribution in [3.05, 3.63) is 108 Å². The maximum atomic E-state index is 14.1. The fourth-order valence-corrected chi connectivity index (χ4v) is 11.3. The summed E-state index contributed by atoms with van der Waals surface area (Å²) in [5.41, 5.74) is 5.04. The number of halogens is 1. The average Bonchev–Trinajstić information content (AvgIpc) is 3.73. The molecule has 2 aliphatic heterocycles. The van der Waals surface area contributed by atoms with Gasteiger partial charge in [-0.2, -0.15) is 0 Å². The Hall–Kier alpha value is -3.14. The number of ether oxygens (including phenoxy) is 1. The van der Waals surface area contributed by atoms with Crippen LogP contribution in [-0.4, -0.2) is 22.0 Å². The number of nitrogens with zero attached hydrogens (tertiary/aromatic N) is 1. The Morgan fingerprint density at radius 3 is 2.30 bits per heavy atom. The highest BCUT2D eigenvalue weighted by molar-refractivity contribution is 9.10. The molecule has 0 radical (unpaired) electrons. The summed E-state index contributed by atoms with van der Waals surface area (Å²) in [5, 5.41) is 1.01. The first-order valence-electron chi connectivity index (χ1n) is 14.6. The molecular formula is C34H29BrN2O4S2.